The molecule has 0 bridgehead atoms. The van der Waals surface area contributed by atoms with E-state index in [4.69, 9.17) is 4.74 Å². The SMILES string of the molecule is CC(C)O[C@@H](O)C(=O)c1ccc(-c2ccccc2)cc1. The first-order valence-corrected chi connectivity index (χ1v) is 6.61. The third kappa shape index (κ3) is 3.53. The molecule has 0 aliphatic heterocycles. The van der Waals surface area contributed by atoms with E-state index in [0.29, 0.717) is 5.56 Å². The van der Waals surface area contributed by atoms with Crippen LogP contribution in [-0.4, -0.2) is 23.3 Å². The number of hydrogen-bond acceptors (Lipinski definition) is 3. The van der Waals surface area contributed by atoms with Crippen LogP contribution < -0.4 is 0 Å². The summed E-state index contributed by atoms with van der Waals surface area (Å²) in [7, 11) is 0. The van der Waals surface area contributed by atoms with Crippen LogP contribution in [-0.2, 0) is 4.74 Å². The first-order valence-electron chi connectivity index (χ1n) is 6.61. The highest BCUT2D eigenvalue weighted by molar-refractivity contribution is 5.98. The maximum Gasteiger partial charge on any atom is 0.220 e. The highest BCUT2D eigenvalue weighted by atomic mass is 16.6. The fourth-order valence-corrected chi connectivity index (χ4v) is 1.92. The molecule has 3 heteroatoms. The summed E-state index contributed by atoms with van der Waals surface area (Å²) >= 11 is 0. The molecule has 0 unspecified atom stereocenters. The van der Waals surface area contributed by atoms with E-state index in [0.717, 1.165) is 11.1 Å². The number of carbonyl (C=O) groups is 1. The molecule has 0 amide bonds. The first-order chi connectivity index (χ1) is 9.58. The van der Waals surface area contributed by atoms with Gasteiger partial charge in [0, 0.05) is 5.56 Å². The fraction of sp³-hybridized carbons (Fsp3) is 0.235. The van der Waals surface area contributed by atoms with E-state index in [1.807, 2.05) is 42.5 Å². The Morgan fingerprint density at radius 1 is 0.950 bits per heavy atom. The lowest BCUT2D eigenvalue weighted by molar-refractivity contribution is -0.0971. The van der Waals surface area contributed by atoms with Gasteiger partial charge in [-0.25, -0.2) is 0 Å². The Bertz CT molecular complexity index is 559. The van der Waals surface area contributed by atoms with Crippen molar-refractivity contribution in [1.29, 1.82) is 0 Å². The Balaban J connectivity index is 2.14. The van der Waals surface area contributed by atoms with Gasteiger partial charge in [-0.05, 0) is 25.0 Å². The van der Waals surface area contributed by atoms with E-state index in [9.17, 15) is 9.90 Å². The van der Waals surface area contributed by atoms with Gasteiger partial charge < -0.3 is 9.84 Å². The predicted octanol–water partition coefficient (Wildman–Crippen LogP) is 3.28. The van der Waals surface area contributed by atoms with Crippen molar-refractivity contribution in [1.82, 2.24) is 0 Å². The molecular weight excluding hydrogens is 252 g/mol. The summed E-state index contributed by atoms with van der Waals surface area (Å²) in [6.07, 6.45) is -1.60. The van der Waals surface area contributed by atoms with Crippen molar-refractivity contribution < 1.29 is 14.6 Å². The lowest BCUT2D eigenvalue weighted by Crippen LogP contribution is -2.26. The van der Waals surface area contributed by atoms with Crippen molar-refractivity contribution in [3.05, 3.63) is 60.2 Å². The van der Waals surface area contributed by atoms with E-state index >= 15 is 0 Å². The number of rotatable bonds is 5. The molecule has 0 aliphatic rings. The van der Waals surface area contributed by atoms with Crippen LogP contribution in [0.3, 0.4) is 0 Å². The Kier molecular flexibility index (Phi) is 4.66. The third-order valence-electron chi connectivity index (χ3n) is 2.90. The lowest BCUT2D eigenvalue weighted by Gasteiger charge is -2.13. The van der Waals surface area contributed by atoms with Gasteiger partial charge in [0.25, 0.3) is 0 Å². The van der Waals surface area contributed by atoms with Gasteiger partial charge in [0.15, 0.2) is 0 Å². The van der Waals surface area contributed by atoms with Crippen molar-refractivity contribution in [2.45, 2.75) is 26.2 Å². The summed E-state index contributed by atoms with van der Waals surface area (Å²) in [5.74, 6) is -0.418. The van der Waals surface area contributed by atoms with Crippen molar-refractivity contribution in [3.63, 3.8) is 0 Å². The summed E-state index contributed by atoms with van der Waals surface area (Å²) in [4.78, 5) is 12.0. The second-order valence-corrected chi connectivity index (χ2v) is 4.84. The van der Waals surface area contributed by atoms with E-state index in [1.54, 1.807) is 26.0 Å². The van der Waals surface area contributed by atoms with Gasteiger partial charge in [0.1, 0.15) is 0 Å². The summed E-state index contributed by atoms with van der Waals surface area (Å²) in [5.41, 5.74) is 2.56. The maximum absolute atomic E-state index is 12.0. The fourth-order valence-electron chi connectivity index (χ4n) is 1.92. The van der Waals surface area contributed by atoms with Gasteiger partial charge in [0.2, 0.25) is 12.1 Å². The van der Waals surface area contributed by atoms with Gasteiger partial charge in [0.05, 0.1) is 6.10 Å². The topological polar surface area (TPSA) is 46.5 Å². The third-order valence-corrected chi connectivity index (χ3v) is 2.90. The summed E-state index contributed by atoms with van der Waals surface area (Å²) < 4.78 is 5.09. The highest BCUT2D eigenvalue weighted by Gasteiger charge is 2.18. The number of ketones is 1. The minimum absolute atomic E-state index is 0.197. The molecule has 0 saturated heterocycles. The second-order valence-electron chi connectivity index (χ2n) is 4.84. The van der Waals surface area contributed by atoms with Crippen LogP contribution in [0, 0.1) is 0 Å². The molecular formula is C17H18O3. The molecule has 2 aromatic rings. The zero-order valence-corrected chi connectivity index (χ0v) is 11.6. The number of hydrogen-bond donors (Lipinski definition) is 1. The van der Waals surface area contributed by atoms with Crippen molar-refractivity contribution in [2.75, 3.05) is 0 Å². The van der Waals surface area contributed by atoms with Crippen LogP contribution in [0.5, 0.6) is 0 Å². The summed E-state index contributed by atoms with van der Waals surface area (Å²) in [6.45, 7) is 3.55. The molecule has 104 valence electrons. The van der Waals surface area contributed by atoms with Gasteiger partial charge in [-0.15, -0.1) is 0 Å². The van der Waals surface area contributed by atoms with Crippen LogP contribution in [0.1, 0.15) is 24.2 Å². The van der Waals surface area contributed by atoms with E-state index in [1.165, 1.54) is 0 Å². The van der Waals surface area contributed by atoms with Crippen LogP contribution in [0.2, 0.25) is 0 Å². The molecule has 2 rings (SSSR count). The molecule has 3 nitrogen and oxygen atoms in total. The molecule has 1 atom stereocenters. The number of Topliss-reactive ketones (excluding diaryl/α,β-unsaturated/α-hetero) is 1. The normalized spacial score (nSPS) is 12.4. The van der Waals surface area contributed by atoms with E-state index in [-0.39, 0.29) is 6.10 Å². The smallest absolute Gasteiger partial charge is 0.220 e. The van der Waals surface area contributed by atoms with E-state index < -0.39 is 12.1 Å². The Hall–Kier alpha value is -1.97. The van der Waals surface area contributed by atoms with Crippen molar-refractivity contribution >= 4 is 5.78 Å². The Labute approximate surface area is 118 Å². The molecule has 0 aromatic heterocycles. The zero-order chi connectivity index (χ0) is 14.5. The van der Waals surface area contributed by atoms with Crippen molar-refractivity contribution in [3.8, 4) is 11.1 Å². The molecule has 0 radical (unpaired) electrons. The van der Waals surface area contributed by atoms with Gasteiger partial charge in [-0.2, -0.15) is 0 Å². The highest BCUT2D eigenvalue weighted by Crippen LogP contribution is 2.19. The number of benzene rings is 2. The number of aliphatic hydroxyl groups is 1. The first kappa shape index (κ1) is 14.4. The zero-order valence-electron chi connectivity index (χ0n) is 11.6. The summed E-state index contributed by atoms with van der Waals surface area (Å²) in [6, 6.07) is 17.1. The molecule has 2 aromatic carbocycles. The maximum atomic E-state index is 12.0. The largest absolute Gasteiger partial charge is 0.362 e. The Morgan fingerprint density at radius 3 is 2.05 bits per heavy atom. The molecule has 0 heterocycles. The minimum atomic E-state index is -1.41. The quantitative estimate of drug-likeness (QED) is 0.670. The number of ether oxygens (including phenoxy) is 1. The monoisotopic (exact) mass is 270 g/mol. The standard InChI is InChI=1S/C17H18O3/c1-12(2)20-17(19)16(18)15-10-8-14(9-11-15)13-6-4-3-5-7-13/h3-12,17,19H,1-2H3/t17-/m1/s1. The lowest BCUT2D eigenvalue weighted by atomic mass is 10.0. The molecule has 1 N–H and O–H groups in total. The second kappa shape index (κ2) is 6.46. The molecule has 0 aliphatic carbocycles. The Morgan fingerprint density at radius 2 is 1.50 bits per heavy atom. The molecule has 0 fully saturated rings. The van der Waals surface area contributed by atoms with Crippen LogP contribution in [0.25, 0.3) is 11.1 Å². The van der Waals surface area contributed by atoms with Gasteiger partial charge in [-0.3, -0.25) is 4.79 Å². The van der Waals surface area contributed by atoms with Gasteiger partial charge >= 0.3 is 0 Å². The predicted molar refractivity (Wildman–Crippen MR) is 78.4 cm³/mol. The molecule has 0 spiro atoms. The van der Waals surface area contributed by atoms with Crippen LogP contribution in [0.4, 0.5) is 0 Å². The molecule has 0 saturated carbocycles. The average Bonchev–Trinajstić information content (AvgIpc) is 2.47. The van der Waals surface area contributed by atoms with Crippen LogP contribution in [0.15, 0.2) is 54.6 Å². The number of aliphatic hydroxyl groups excluding tert-OH is 1. The summed E-state index contributed by atoms with van der Waals surface area (Å²) in [5, 5.41) is 9.66. The van der Waals surface area contributed by atoms with Crippen LogP contribution >= 0.6 is 0 Å². The number of carbonyl (C=O) groups excluding carboxylic acids is 1. The van der Waals surface area contributed by atoms with E-state index in [2.05, 4.69) is 0 Å². The van der Waals surface area contributed by atoms with Crippen molar-refractivity contribution in [2.24, 2.45) is 0 Å². The van der Waals surface area contributed by atoms with Gasteiger partial charge in [-0.1, -0.05) is 54.6 Å². The molecule has 20 heavy (non-hydrogen) atoms. The average molecular weight is 270 g/mol. The minimum Gasteiger partial charge on any atom is -0.362 e.